The van der Waals surface area contributed by atoms with E-state index >= 15 is 0 Å². The van der Waals surface area contributed by atoms with Crippen molar-refractivity contribution in [3.05, 3.63) is 59.9 Å². The van der Waals surface area contributed by atoms with Gasteiger partial charge in [0.1, 0.15) is 5.82 Å². The molecule has 5 heteroatoms. The lowest BCUT2D eigenvalue weighted by molar-refractivity contribution is -0.148. The Morgan fingerprint density at radius 2 is 1.53 bits per heavy atom. The van der Waals surface area contributed by atoms with E-state index in [0.29, 0.717) is 37.9 Å². The van der Waals surface area contributed by atoms with Crippen LogP contribution in [0.1, 0.15) is 45.1 Å². The van der Waals surface area contributed by atoms with Crippen molar-refractivity contribution in [3.63, 3.8) is 0 Å². The third kappa shape index (κ3) is 4.57. The molecular weight excluding hydrogens is 403 g/mol. The van der Waals surface area contributed by atoms with E-state index in [4.69, 9.17) is 0 Å². The molecule has 0 spiro atoms. The molecule has 32 heavy (non-hydrogen) atoms. The molecule has 0 N–H and O–H groups in total. The van der Waals surface area contributed by atoms with Gasteiger partial charge in [-0.25, -0.2) is 4.39 Å². The molecule has 2 aromatic rings. The van der Waals surface area contributed by atoms with Crippen molar-refractivity contribution >= 4 is 11.8 Å². The van der Waals surface area contributed by atoms with E-state index in [1.54, 1.807) is 12.1 Å². The lowest BCUT2D eigenvalue weighted by Crippen LogP contribution is -2.52. The molecule has 2 amide bonds. The first kappa shape index (κ1) is 22.5. The summed E-state index contributed by atoms with van der Waals surface area (Å²) in [4.78, 5) is 30.1. The topological polar surface area (TPSA) is 40.6 Å². The molecule has 2 fully saturated rings. The summed E-state index contributed by atoms with van der Waals surface area (Å²) >= 11 is 0. The molecule has 2 aliphatic rings. The Morgan fingerprint density at radius 3 is 2.12 bits per heavy atom. The molecule has 0 aromatic heterocycles. The predicted octanol–water partition coefficient (Wildman–Crippen LogP) is 4.92. The van der Waals surface area contributed by atoms with E-state index in [1.165, 1.54) is 6.07 Å². The summed E-state index contributed by atoms with van der Waals surface area (Å²) in [5.74, 6) is 0.150. The van der Waals surface area contributed by atoms with Gasteiger partial charge >= 0.3 is 0 Å². The number of halogens is 1. The van der Waals surface area contributed by atoms with Gasteiger partial charge in [-0.15, -0.1) is 0 Å². The number of hydrogen-bond acceptors (Lipinski definition) is 2. The molecule has 170 valence electrons. The van der Waals surface area contributed by atoms with E-state index in [-0.39, 0.29) is 23.5 Å². The van der Waals surface area contributed by atoms with E-state index in [9.17, 15) is 14.0 Å². The van der Waals surface area contributed by atoms with Crippen LogP contribution in [0.2, 0.25) is 0 Å². The summed E-state index contributed by atoms with van der Waals surface area (Å²) in [6, 6.07) is 14.7. The number of benzene rings is 2. The number of piperidine rings is 1. The van der Waals surface area contributed by atoms with Crippen molar-refractivity contribution in [1.29, 1.82) is 0 Å². The van der Waals surface area contributed by atoms with Crippen LogP contribution in [-0.4, -0.2) is 47.8 Å². The van der Waals surface area contributed by atoms with Crippen LogP contribution < -0.4 is 0 Å². The molecule has 2 saturated heterocycles. The van der Waals surface area contributed by atoms with Crippen molar-refractivity contribution < 1.29 is 14.0 Å². The van der Waals surface area contributed by atoms with Crippen LogP contribution in [0.15, 0.2) is 48.5 Å². The highest BCUT2D eigenvalue weighted by molar-refractivity contribution is 5.84. The Labute approximate surface area is 190 Å². The molecule has 2 aromatic carbocycles. The second-order valence-corrected chi connectivity index (χ2v) is 9.61. The minimum Gasteiger partial charge on any atom is -0.342 e. The van der Waals surface area contributed by atoms with Gasteiger partial charge in [-0.1, -0.05) is 56.3 Å². The van der Waals surface area contributed by atoms with Crippen molar-refractivity contribution in [2.75, 3.05) is 26.2 Å². The summed E-state index contributed by atoms with van der Waals surface area (Å²) in [5.41, 5.74) is 2.03. The third-order valence-electron chi connectivity index (χ3n) is 7.05. The Kier molecular flexibility index (Phi) is 6.63. The van der Waals surface area contributed by atoms with Crippen LogP contribution >= 0.6 is 0 Å². The largest absolute Gasteiger partial charge is 0.342 e. The summed E-state index contributed by atoms with van der Waals surface area (Å²) in [7, 11) is 0. The monoisotopic (exact) mass is 436 g/mol. The molecular formula is C27H33FN2O2. The van der Waals surface area contributed by atoms with Crippen LogP contribution in [0.4, 0.5) is 4.39 Å². The fraction of sp³-hybridized carbons (Fsp3) is 0.481. The van der Waals surface area contributed by atoms with E-state index < -0.39 is 5.41 Å². The molecule has 2 aliphatic heterocycles. The molecule has 0 radical (unpaired) electrons. The van der Waals surface area contributed by atoms with Gasteiger partial charge in [0.05, 0.1) is 5.41 Å². The van der Waals surface area contributed by atoms with Gasteiger partial charge in [-0.3, -0.25) is 9.59 Å². The van der Waals surface area contributed by atoms with Crippen molar-refractivity contribution in [1.82, 2.24) is 9.80 Å². The summed E-state index contributed by atoms with van der Waals surface area (Å²) < 4.78 is 14.2. The van der Waals surface area contributed by atoms with Gasteiger partial charge in [-0.05, 0) is 49.3 Å². The van der Waals surface area contributed by atoms with Crippen molar-refractivity contribution in [3.8, 4) is 11.1 Å². The normalized spacial score (nSPS) is 18.2. The fourth-order valence-electron chi connectivity index (χ4n) is 5.13. The minimum atomic E-state index is -0.475. The van der Waals surface area contributed by atoms with Crippen LogP contribution in [-0.2, 0) is 16.0 Å². The van der Waals surface area contributed by atoms with Crippen LogP contribution in [0.25, 0.3) is 11.1 Å². The lowest BCUT2D eigenvalue weighted by atomic mass is 9.72. The standard InChI is InChI=1S/C27H33FN2O2/c1-20(2)25(31)29-17-13-27(14-18-29,26(32)30-15-5-6-16-30)19-21-9-11-22(12-10-21)23-7-3-4-8-24(23)28/h3-4,7-12,20H,5-6,13-19H2,1-2H3. The second kappa shape index (κ2) is 9.43. The number of likely N-dealkylation sites (tertiary alicyclic amines) is 2. The van der Waals surface area contributed by atoms with E-state index in [1.807, 2.05) is 54.0 Å². The number of nitrogens with zero attached hydrogens (tertiary/aromatic N) is 2. The van der Waals surface area contributed by atoms with Gasteiger partial charge in [-0.2, -0.15) is 0 Å². The fourth-order valence-corrected chi connectivity index (χ4v) is 5.13. The third-order valence-corrected chi connectivity index (χ3v) is 7.05. The Balaban J connectivity index is 1.55. The zero-order valence-corrected chi connectivity index (χ0v) is 19.1. The maximum absolute atomic E-state index is 14.2. The smallest absolute Gasteiger partial charge is 0.229 e. The summed E-state index contributed by atoms with van der Waals surface area (Å²) in [6.45, 7) is 6.78. The van der Waals surface area contributed by atoms with E-state index in [0.717, 1.165) is 37.1 Å². The SMILES string of the molecule is CC(C)C(=O)N1CCC(Cc2ccc(-c3ccccc3F)cc2)(C(=O)N2CCCC2)CC1. The predicted molar refractivity (Wildman–Crippen MR) is 124 cm³/mol. The molecule has 0 aliphatic carbocycles. The molecule has 4 rings (SSSR count). The minimum absolute atomic E-state index is 0.0253. The maximum atomic E-state index is 14.2. The molecule has 0 saturated carbocycles. The van der Waals surface area contributed by atoms with Gasteiger partial charge in [0.2, 0.25) is 11.8 Å². The molecule has 0 atom stereocenters. The van der Waals surface area contributed by atoms with Gasteiger partial charge in [0.15, 0.2) is 0 Å². The van der Waals surface area contributed by atoms with E-state index in [2.05, 4.69) is 0 Å². The lowest BCUT2D eigenvalue weighted by Gasteiger charge is -2.43. The van der Waals surface area contributed by atoms with Crippen molar-refractivity contribution in [2.24, 2.45) is 11.3 Å². The Hall–Kier alpha value is -2.69. The van der Waals surface area contributed by atoms with Crippen LogP contribution in [0.3, 0.4) is 0 Å². The average Bonchev–Trinajstić information content (AvgIpc) is 3.34. The number of carbonyl (C=O) groups excluding carboxylic acids is 2. The number of amides is 2. The molecule has 0 bridgehead atoms. The second-order valence-electron chi connectivity index (χ2n) is 9.61. The van der Waals surface area contributed by atoms with Gasteiger partial charge < -0.3 is 9.80 Å². The number of rotatable bonds is 5. The number of hydrogen-bond donors (Lipinski definition) is 0. The van der Waals surface area contributed by atoms with Crippen LogP contribution in [0, 0.1) is 17.2 Å². The molecule has 4 nitrogen and oxygen atoms in total. The quantitative estimate of drug-likeness (QED) is 0.667. The van der Waals surface area contributed by atoms with Gasteiger partial charge in [0.25, 0.3) is 0 Å². The zero-order chi connectivity index (χ0) is 22.7. The highest BCUT2D eigenvalue weighted by Crippen LogP contribution is 2.39. The first-order valence-corrected chi connectivity index (χ1v) is 11.8. The van der Waals surface area contributed by atoms with Gasteiger partial charge in [0, 0.05) is 37.7 Å². The summed E-state index contributed by atoms with van der Waals surface area (Å²) in [6.07, 6.45) is 4.17. The Bertz CT molecular complexity index is 956. The van der Waals surface area contributed by atoms with Crippen LogP contribution in [0.5, 0.6) is 0 Å². The number of carbonyl (C=O) groups is 2. The molecule has 0 unspecified atom stereocenters. The molecule has 2 heterocycles. The first-order valence-electron chi connectivity index (χ1n) is 11.8. The highest BCUT2D eigenvalue weighted by atomic mass is 19.1. The zero-order valence-electron chi connectivity index (χ0n) is 19.1. The van der Waals surface area contributed by atoms with Crippen molar-refractivity contribution in [2.45, 2.75) is 46.0 Å². The average molecular weight is 437 g/mol. The first-order chi connectivity index (χ1) is 15.4. The highest BCUT2D eigenvalue weighted by Gasteiger charge is 2.45. The summed E-state index contributed by atoms with van der Waals surface area (Å²) in [5, 5.41) is 0. The Morgan fingerprint density at radius 1 is 0.906 bits per heavy atom. The maximum Gasteiger partial charge on any atom is 0.229 e.